The molecule has 0 aromatic carbocycles. The zero-order valence-corrected chi connectivity index (χ0v) is 15.8. The van der Waals surface area contributed by atoms with E-state index in [9.17, 15) is 18.0 Å². The average Bonchev–Trinajstić information content (AvgIpc) is 2.91. The number of carbonyl (C=O) groups is 1. The molecule has 1 aromatic rings. The van der Waals surface area contributed by atoms with Gasteiger partial charge in [-0.15, -0.1) is 0 Å². The second-order valence-electron chi connectivity index (χ2n) is 9.19. The minimum Gasteiger partial charge on any atom is -0.356 e. The summed E-state index contributed by atoms with van der Waals surface area (Å²) in [5.74, 6) is 2.59. The molecule has 0 radical (unpaired) electrons. The van der Waals surface area contributed by atoms with Gasteiger partial charge in [-0.1, -0.05) is 0 Å². The van der Waals surface area contributed by atoms with E-state index in [1.807, 2.05) is 0 Å². The van der Waals surface area contributed by atoms with Crippen LogP contribution in [0.25, 0.3) is 0 Å². The highest BCUT2D eigenvalue weighted by Crippen LogP contribution is 2.61. The first-order valence-electron chi connectivity index (χ1n) is 10.1. The lowest BCUT2D eigenvalue weighted by Gasteiger charge is -2.56. The van der Waals surface area contributed by atoms with Gasteiger partial charge in [0.2, 0.25) is 5.91 Å². The molecule has 4 nitrogen and oxygen atoms in total. The fraction of sp³-hybridized carbons (Fsp3) is 0.800. The van der Waals surface area contributed by atoms with E-state index >= 15 is 0 Å². The van der Waals surface area contributed by atoms with E-state index in [2.05, 4.69) is 10.4 Å². The normalized spacial score (nSPS) is 32.1. The number of aromatic nitrogens is 2. The number of aryl methyl sites for hydroxylation is 2. The summed E-state index contributed by atoms with van der Waals surface area (Å²) in [6.45, 7) is 2.47. The molecule has 0 aliphatic heterocycles. The Labute approximate surface area is 157 Å². The number of nitrogens with zero attached hydrogens (tertiary/aromatic N) is 2. The predicted molar refractivity (Wildman–Crippen MR) is 94.8 cm³/mol. The molecule has 0 atom stereocenters. The molecular formula is C20H28F3N3O. The predicted octanol–water partition coefficient (Wildman–Crippen LogP) is 4.32. The van der Waals surface area contributed by atoms with Gasteiger partial charge < -0.3 is 5.32 Å². The Morgan fingerprint density at radius 1 is 1.22 bits per heavy atom. The molecule has 4 bridgehead atoms. The summed E-state index contributed by atoms with van der Waals surface area (Å²) in [4.78, 5) is 12.5. The molecule has 5 rings (SSSR count). The maximum absolute atomic E-state index is 12.7. The van der Waals surface area contributed by atoms with Crippen LogP contribution in [0, 0.1) is 30.1 Å². The zero-order valence-electron chi connectivity index (χ0n) is 15.8. The fourth-order valence-corrected chi connectivity index (χ4v) is 6.24. The van der Waals surface area contributed by atoms with Crippen LogP contribution >= 0.6 is 0 Å². The van der Waals surface area contributed by atoms with Crippen LogP contribution in [-0.4, -0.2) is 22.2 Å². The van der Waals surface area contributed by atoms with Crippen molar-refractivity contribution in [2.45, 2.75) is 71.0 Å². The van der Waals surface area contributed by atoms with Crippen LogP contribution in [0.2, 0.25) is 0 Å². The van der Waals surface area contributed by atoms with Crippen molar-refractivity contribution in [2.24, 2.45) is 23.2 Å². The zero-order chi connectivity index (χ0) is 19.2. The van der Waals surface area contributed by atoms with E-state index in [4.69, 9.17) is 0 Å². The van der Waals surface area contributed by atoms with Crippen LogP contribution < -0.4 is 5.32 Å². The van der Waals surface area contributed by atoms with Gasteiger partial charge in [0.1, 0.15) is 0 Å². The molecule has 27 heavy (non-hydrogen) atoms. The molecule has 150 valence electrons. The Balaban J connectivity index is 1.23. The Kier molecular flexibility index (Phi) is 4.75. The van der Waals surface area contributed by atoms with Crippen molar-refractivity contribution in [1.82, 2.24) is 15.1 Å². The molecule has 1 aromatic heterocycles. The summed E-state index contributed by atoms with van der Waals surface area (Å²) < 4.78 is 39.5. The molecular weight excluding hydrogens is 355 g/mol. The van der Waals surface area contributed by atoms with Crippen LogP contribution in [0.3, 0.4) is 0 Å². The quantitative estimate of drug-likeness (QED) is 0.744. The molecule has 1 amide bonds. The van der Waals surface area contributed by atoms with Crippen molar-refractivity contribution in [3.8, 4) is 0 Å². The summed E-state index contributed by atoms with van der Waals surface area (Å²) in [7, 11) is 0. The molecule has 4 saturated carbocycles. The number of hydrogen-bond donors (Lipinski definition) is 1. The number of hydrogen-bond acceptors (Lipinski definition) is 2. The molecule has 0 spiro atoms. The van der Waals surface area contributed by atoms with Crippen molar-refractivity contribution in [1.29, 1.82) is 0 Å². The average molecular weight is 383 g/mol. The van der Waals surface area contributed by atoms with E-state index in [1.165, 1.54) is 43.2 Å². The lowest BCUT2D eigenvalue weighted by Crippen LogP contribution is -2.48. The fourth-order valence-electron chi connectivity index (χ4n) is 6.24. The summed E-state index contributed by atoms with van der Waals surface area (Å²) >= 11 is 0. The smallest absolute Gasteiger partial charge is 0.356 e. The van der Waals surface area contributed by atoms with E-state index in [1.54, 1.807) is 6.92 Å². The van der Waals surface area contributed by atoms with Crippen LogP contribution in [0.4, 0.5) is 13.2 Å². The maximum Gasteiger partial charge on any atom is 0.435 e. The van der Waals surface area contributed by atoms with Gasteiger partial charge in [-0.05, 0) is 81.1 Å². The third-order valence-corrected chi connectivity index (χ3v) is 6.84. The SMILES string of the molecule is Cc1cc(C(F)(F)F)nn1CCCNC(=O)CC12CC3CC(CC(C3)C1)C2. The first-order valence-corrected chi connectivity index (χ1v) is 10.1. The Bertz CT molecular complexity index is 675. The molecule has 7 heteroatoms. The van der Waals surface area contributed by atoms with Crippen LogP contribution in [0.5, 0.6) is 0 Å². The summed E-state index contributed by atoms with van der Waals surface area (Å²) in [5.41, 5.74) is -0.146. The van der Waals surface area contributed by atoms with Gasteiger partial charge in [0.05, 0.1) is 0 Å². The van der Waals surface area contributed by atoms with E-state index in [-0.39, 0.29) is 11.3 Å². The molecule has 4 fully saturated rings. The third kappa shape index (κ3) is 4.02. The van der Waals surface area contributed by atoms with Gasteiger partial charge >= 0.3 is 6.18 Å². The topological polar surface area (TPSA) is 46.9 Å². The highest BCUT2D eigenvalue weighted by Gasteiger charge is 2.51. The molecule has 0 saturated heterocycles. The molecule has 0 unspecified atom stereocenters. The Morgan fingerprint density at radius 2 is 1.81 bits per heavy atom. The number of halogens is 3. The van der Waals surface area contributed by atoms with Gasteiger partial charge in [-0.2, -0.15) is 18.3 Å². The third-order valence-electron chi connectivity index (χ3n) is 6.84. The van der Waals surface area contributed by atoms with Crippen LogP contribution in [-0.2, 0) is 17.5 Å². The number of carbonyl (C=O) groups excluding carboxylic acids is 1. The highest BCUT2D eigenvalue weighted by atomic mass is 19.4. The first kappa shape index (κ1) is 18.8. The standard InChI is InChI=1S/C20H28F3N3O/c1-13-5-17(20(21,22)23)25-26(13)4-2-3-24-18(27)12-19-9-14-6-15(10-19)8-16(7-14)11-19/h5,14-16H,2-4,6-12H2,1H3,(H,24,27). The number of alkyl halides is 3. The summed E-state index contributed by atoms with van der Waals surface area (Å²) in [6.07, 6.45) is 4.50. The van der Waals surface area contributed by atoms with E-state index in [0.717, 1.165) is 23.8 Å². The van der Waals surface area contributed by atoms with E-state index in [0.29, 0.717) is 31.6 Å². The van der Waals surface area contributed by atoms with E-state index < -0.39 is 11.9 Å². The Hall–Kier alpha value is -1.53. The van der Waals surface area contributed by atoms with Crippen LogP contribution in [0.15, 0.2) is 6.07 Å². The largest absolute Gasteiger partial charge is 0.435 e. The number of amides is 1. The second-order valence-corrected chi connectivity index (χ2v) is 9.19. The monoisotopic (exact) mass is 383 g/mol. The van der Waals surface area contributed by atoms with Crippen molar-refractivity contribution in [2.75, 3.05) is 6.54 Å². The lowest BCUT2D eigenvalue weighted by atomic mass is 9.49. The van der Waals surface area contributed by atoms with Crippen molar-refractivity contribution in [3.63, 3.8) is 0 Å². The molecule has 1 N–H and O–H groups in total. The minimum absolute atomic E-state index is 0.102. The summed E-state index contributed by atoms with van der Waals surface area (Å²) in [6, 6.07) is 1.06. The first-order chi connectivity index (χ1) is 12.7. The Morgan fingerprint density at radius 3 is 2.33 bits per heavy atom. The van der Waals surface area contributed by atoms with Gasteiger partial charge in [0.25, 0.3) is 0 Å². The highest BCUT2D eigenvalue weighted by molar-refractivity contribution is 5.76. The number of nitrogens with one attached hydrogen (secondary N) is 1. The van der Waals surface area contributed by atoms with Gasteiger partial charge in [0.15, 0.2) is 5.69 Å². The maximum atomic E-state index is 12.7. The van der Waals surface area contributed by atoms with Crippen molar-refractivity contribution >= 4 is 5.91 Å². The van der Waals surface area contributed by atoms with Crippen molar-refractivity contribution < 1.29 is 18.0 Å². The van der Waals surface area contributed by atoms with Gasteiger partial charge in [0, 0.05) is 25.2 Å². The van der Waals surface area contributed by atoms with Gasteiger partial charge in [-0.25, -0.2) is 0 Å². The van der Waals surface area contributed by atoms with Crippen molar-refractivity contribution in [3.05, 3.63) is 17.5 Å². The van der Waals surface area contributed by atoms with Crippen LogP contribution in [0.1, 0.15) is 62.8 Å². The molecule has 4 aliphatic rings. The minimum atomic E-state index is -4.41. The molecule has 4 aliphatic carbocycles. The number of rotatable bonds is 6. The molecule has 1 heterocycles. The second kappa shape index (κ2) is 6.82. The summed E-state index contributed by atoms with van der Waals surface area (Å²) in [5, 5.41) is 6.61. The lowest BCUT2D eigenvalue weighted by molar-refractivity contribution is -0.141. The van der Waals surface area contributed by atoms with Gasteiger partial charge in [-0.3, -0.25) is 9.48 Å².